The Morgan fingerprint density at radius 3 is 2.35 bits per heavy atom. The highest BCUT2D eigenvalue weighted by atomic mass is 35.5. The van der Waals surface area contributed by atoms with Crippen molar-refractivity contribution < 1.29 is 12.6 Å². The molecule has 0 aromatic heterocycles. The molecule has 20 heavy (non-hydrogen) atoms. The van der Waals surface area contributed by atoms with Crippen LogP contribution in [-0.2, 0) is 20.9 Å². The van der Waals surface area contributed by atoms with Crippen molar-refractivity contribution in [3.05, 3.63) is 63.6 Å². The molecule has 106 valence electrons. The number of hydrogen-bond acceptors (Lipinski definition) is 3. The van der Waals surface area contributed by atoms with Gasteiger partial charge in [-0.25, -0.2) is 0 Å². The normalized spacial score (nSPS) is 11.6. The molecule has 0 saturated heterocycles. The molecule has 0 aliphatic rings. The molecule has 2 rings (SSSR count). The molecule has 0 unspecified atom stereocenters. The van der Waals surface area contributed by atoms with Crippen molar-refractivity contribution in [3.63, 3.8) is 0 Å². The van der Waals surface area contributed by atoms with Crippen molar-refractivity contribution in [2.24, 2.45) is 0 Å². The second kappa shape index (κ2) is 6.14. The van der Waals surface area contributed by atoms with Gasteiger partial charge >= 0.3 is 0 Å². The van der Waals surface area contributed by atoms with Crippen LogP contribution in [0.4, 0.5) is 0 Å². The fourth-order valence-corrected chi connectivity index (χ4v) is 2.84. The van der Waals surface area contributed by atoms with E-state index >= 15 is 0 Å². The molecule has 2 aromatic rings. The van der Waals surface area contributed by atoms with Gasteiger partial charge in [-0.1, -0.05) is 53.0 Å². The summed E-state index contributed by atoms with van der Waals surface area (Å²) >= 11 is 11.8. The van der Waals surface area contributed by atoms with Crippen LogP contribution in [0, 0.1) is 6.92 Å². The summed E-state index contributed by atoms with van der Waals surface area (Å²) in [6, 6.07) is 11.4. The zero-order valence-electron chi connectivity index (χ0n) is 10.6. The van der Waals surface area contributed by atoms with E-state index in [2.05, 4.69) is 0 Å². The smallest absolute Gasteiger partial charge is 0.261 e. The molecule has 0 spiro atoms. The topological polar surface area (TPSA) is 43.4 Å². The highest BCUT2D eigenvalue weighted by Gasteiger charge is 2.16. The summed E-state index contributed by atoms with van der Waals surface area (Å²) < 4.78 is 29.0. The minimum Gasteiger partial charge on any atom is -0.261 e. The van der Waals surface area contributed by atoms with Gasteiger partial charge in [0.15, 0.2) is 0 Å². The predicted octanol–water partition coefficient (Wildman–Crippen LogP) is 4.21. The Bertz CT molecular complexity index is 710. The first-order valence-electron chi connectivity index (χ1n) is 5.79. The molecule has 2 aromatic carbocycles. The van der Waals surface area contributed by atoms with Gasteiger partial charge in [0.25, 0.3) is 10.1 Å². The number of hydrogen-bond donors (Lipinski definition) is 0. The van der Waals surface area contributed by atoms with E-state index in [1.807, 2.05) is 6.92 Å². The Morgan fingerprint density at radius 2 is 1.70 bits per heavy atom. The maximum absolute atomic E-state index is 12.0. The Morgan fingerprint density at radius 1 is 1.05 bits per heavy atom. The molecule has 0 heterocycles. The van der Waals surface area contributed by atoms with Crippen molar-refractivity contribution in [3.8, 4) is 0 Å². The molecular weight excluding hydrogens is 319 g/mol. The van der Waals surface area contributed by atoms with Gasteiger partial charge in [0.1, 0.15) is 0 Å². The highest BCUT2D eigenvalue weighted by Crippen LogP contribution is 2.27. The summed E-state index contributed by atoms with van der Waals surface area (Å²) in [4.78, 5) is 0.112. The first-order chi connectivity index (χ1) is 9.40. The van der Waals surface area contributed by atoms with E-state index in [9.17, 15) is 8.42 Å². The third-order valence-electron chi connectivity index (χ3n) is 2.71. The SMILES string of the molecule is Cc1ccc(S(=O)(=O)OCc2cccc(Cl)c2Cl)cc1. The van der Waals surface area contributed by atoms with Crippen LogP contribution in [0.3, 0.4) is 0 Å². The standard InChI is InChI=1S/C14H12Cl2O3S/c1-10-5-7-12(8-6-10)20(17,18)19-9-11-3-2-4-13(15)14(11)16/h2-8H,9H2,1H3. The third-order valence-corrected chi connectivity index (χ3v) is 4.85. The minimum atomic E-state index is -3.81. The van der Waals surface area contributed by atoms with Crippen LogP contribution in [-0.4, -0.2) is 8.42 Å². The second-order valence-corrected chi connectivity index (χ2v) is 6.64. The van der Waals surface area contributed by atoms with E-state index in [0.717, 1.165) is 5.56 Å². The van der Waals surface area contributed by atoms with Crippen LogP contribution in [0.1, 0.15) is 11.1 Å². The molecular formula is C14H12Cl2O3S. The minimum absolute atomic E-state index is 0.112. The van der Waals surface area contributed by atoms with Crippen molar-refractivity contribution in [1.82, 2.24) is 0 Å². The summed E-state index contributed by atoms with van der Waals surface area (Å²) in [5.41, 5.74) is 1.50. The van der Waals surface area contributed by atoms with Gasteiger partial charge in [-0.15, -0.1) is 0 Å². The van der Waals surface area contributed by atoms with Crippen molar-refractivity contribution in [2.75, 3.05) is 0 Å². The number of halogens is 2. The largest absolute Gasteiger partial charge is 0.297 e. The molecule has 0 radical (unpaired) electrons. The third kappa shape index (κ3) is 3.52. The summed E-state index contributed by atoms with van der Waals surface area (Å²) in [7, 11) is -3.81. The van der Waals surface area contributed by atoms with Gasteiger partial charge in [-0.3, -0.25) is 4.18 Å². The lowest BCUT2D eigenvalue weighted by molar-refractivity contribution is 0.308. The Balaban J connectivity index is 2.17. The fourth-order valence-electron chi connectivity index (χ4n) is 1.57. The highest BCUT2D eigenvalue weighted by molar-refractivity contribution is 7.86. The Labute approximate surface area is 128 Å². The zero-order chi connectivity index (χ0) is 14.8. The lowest BCUT2D eigenvalue weighted by Gasteiger charge is -2.08. The lowest BCUT2D eigenvalue weighted by atomic mass is 10.2. The molecule has 0 aliphatic carbocycles. The number of benzene rings is 2. The predicted molar refractivity (Wildman–Crippen MR) is 79.6 cm³/mol. The monoisotopic (exact) mass is 330 g/mol. The van der Waals surface area contributed by atoms with E-state index in [1.165, 1.54) is 12.1 Å². The molecule has 0 atom stereocenters. The van der Waals surface area contributed by atoms with Gasteiger partial charge in [0, 0.05) is 0 Å². The molecule has 3 nitrogen and oxygen atoms in total. The van der Waals surface area contributed by atoms with Gasteiger partial charge in [0.2, 0.25) is 0 Å². The van der Waals surface area contributed by atoms with Crippen LogP contribution in [0.15, 0.2) is 47.4 Å². The van der Waals surface area contributed by atoms with Gasteiger partial charge < -0.3 is 0 Å². The Hall–Kier alpha value is -1.07. The first kappa shape index (κ1) is 15.3. The molecule has 0 aliphatic heterocycles. The quantitative estimate of drug-likeness (QED) is 0.789. The van der Waals surface area contributed by atoms with E-state index in [-0.39, 0.29) is 11.5 Å². The summed E-state index contributed by atoms with van der Waals surface area (Å²) in [6.07, 6.45) is 0. The lowest BCUT2D eigenvalue weighted by Crippen LogP contribution is -2.06. The number of aryl methyl sites for hydroxylation is 1. The van der Waals surface area contributed by atoms with Crippen molar-refractivity contribution in [2.45, 2.75) is 18.4 Å². The number of rotatable bonds is 4. The summed E-state index contributed by atoms with van der Waals surface area (Å²) in [5, 5.41) is 0.661. The zero-order valence-corrected chi connectivity index (χ0v) is 13.0. The average molecular weight is 331 g/mol. The van der Waals surface area contributed by atoms with Gasteiger partial charge in [-0.2, -0.15) is 8.42 Å². The van der Waals surface area contributed by atoms with Crippen LogP contribution < -0.4 is 0 Å². The maximum Gasteiger partial charge on any atom is 0.297 e. The van der Waals surface area contributed by atoms with Gasteiger partial charge in [-0.05, 0) is 30.7 Å². The van der Waals surface area contributed by atoms with Crippen LogP contribution in [0.25, 0.3) is 0 Å². The average Bonchev–Trinajstić information content (AvgIpc) is 2.41. The Kier molecular flexibility index (Phi) is 4.70. The van der Waals surface area contributed by atoms with Crippen LogP contribution in [0.2, 0.25) is 10.0 Å². The summed E-state index contributed by atoms with van der Waals surface area (Å²) in [5.74, 6) is 0. The molecule has 6 heteroatoms. The second-order valence-electron chi connectivity index (χ2n) is 4.24. The summed E-state index contributed by atoms with van der Waals surface area (Å²) in [6.45, 7) is 1.72. The van der Waals surface area contributed by atoms with E-state index in [1.54, 1.807) is 30.3 Å². The first-order valence-corrected chi connectivity index (χ1v) is 7.95. The van der Waals surface area contributed by atoms with E-state index in [0.29, 0.717) is 15.6 Å². The van der Waals surface area contributed by atoms with Crippen LogP contribution >= 0.6 is 23.2 Å². The molecule has 0 amide bonds. The fraction of sp³-hybridized carbons (Fsp3) is 0.143. The van der Waals surface area contributed by atoms with Crippen LogP contribution in [0.5, 0.6) is 0 Å². The molecule has 0 fully saturated rings. The molecule has 0 N–H and O–H groups in total. The van der Waals surface area contributed by atoms with Crippen molar-refractivity contribution >= 4 is 33.3 Å². The maximum atomic E-state index is 12.0. The van der Waals surface area contributed by atoms with E-state index < -0.39 is 10.1 Å². The van der Waals surface area contributed by atoms with Crippen molar-refractivity contribution in [1.29, 1.82) is 0 Å². The molecule has 0 bridgehead atoms. The molecule has 0 saturated carbocycles. The van der Waals surface area contributed by atoms with E-state index in [4.69, 9.17) is 27.4 Å². The van der Waals surface area contributed by atoms with Gasteiger partial charge in [0.05, 0.1) is 21.5 Å².